The molecule has 0 N–H and O–H groups in total. The highest BCUT2D eigenvalue weighted by Gasteiger charge is 2.05. The minimum Gasteiger partial charge on any atom is -0.268 e. The molecule has 3 aromatic rings. The predicted molar refractivity (Wildman–Crippen MR) is 90.5 cm³/mol. The molecule has 2 heterocycles. The fraction of sp³-hybridized carbons (Fsp3) is 0.0556. The lowest BCUT2D eigenvalue weighted by Gasteiger charge is -2.03. The molecule has 0 saturated carbocycles. The maximum absolute atomic E-state index is 9.32. The number of hydrogen-bond donors (Lipinski definition) is 0. The molecule has 112 valence electrons. The Morgan fingerprint density at radius 2 is 2.04 bits per heavy atom. The molecule has 0 bridgehead atoms. The summed E-state index contributed by atoms with van der Waals surface area (Å²) in [5, 5.41) is 14.3. The topological polar surface area (TPSA) is 54.5 Å². The van der Waals surface area contributed by atoms with Crippen LogP contribution in [0.3, 0.4) is 0 Å². The van der Waals surface area contributed by atoms with Gasteiger partial charge in [0.1, 0.15) is 6.07 Å². The Morgan fingerprint density at radius 3 is 2.78 bits per heavy atom. The van der Waals surface area contributed by atoms with Crippen LogP contribution in [-0.4, -0.2) is 14.8 Å². The van der Waals surface area contributed by atoms with E-state index in [2.05, 4.69) is 16.2 Å². The first-order valence-electron chi connectivity index (χ1n) is 7.05. The molecule has 0 aliphatic carbocycles. The van der Waals surface area contributed by atoms with Crippen LogP contribution in [0.4, 0.5) is 0 Å². The van der Waals surface area contributed by atoms with E-state index in [1.165, 1.54) is 0 Å². The fourth-order valence-electron chi connectivity index (χ4n) is 2.19. The smallest absolute Gasteiger partial charge is 0.101 e. The van der Waals surface area contributed by atoms with Crippen molar-refractivity contribution in [2.45, 2.75) is 6.54 Å². The van der Waals surface area contributed by atoms with Crippen molar-refractivity contribution >= 4 is 23.3 Å². The van der Waals surface area contributed by atoms with E-state index in [0.717, 1.165) is 11.1 Å². The van der Waals surface area contributed by atoms with Crippen LogP contribution in [0.1, 0.15) is 16.8 Å². The number of benzene rings is 1. The minimum absolute atomic E-state index is 0.503. The SMILES string of the molecule is N#C/C(=C\c1cnn(Cc2ccccc2Cl)c1)c1ccccn1. The van der Waals surface area contributed by atoms with E-state index in [-0.39, 0.29) is 0 Å². The van der Waals surface area contributed by atoms with Crippen LogP contribution in [-0.2, 0) is 6.54 Å². The van der Waals surface area contributed by atoms with Gasteiger partial charge in [-0.15, -0.1) is 0 Å². The van der Waals surface area contributed by atoms with Gasteiger partial charge >= 0.3 is 0 Å². The second-order valence-electron chi connectivity index (χ2n) is 4.95. The quantitative estimate of drug-likeness (QED) is 0.682. The zero-order valence-corrected chi connectivity index (χ0v) is 13.0. The van der Waals surface area contributed by atoms with E-state index in [0.29, 0.717) is 22.8 Å². The summed E-state index contributed by atoms with van der Waals surface area (Å²) >= 11 is 6.16. The first-order valence-corrected chi connectivity index (χ1v) is 7.43. The number of nitriles is 1. The molecule has 2 aromatic heterocycles. The Hall–Kier alpha value is -2.90. The lowest BCUT2D eigenvalue weighted by Crippen LogP contribution is -2.00. The van der Waals surface area contributed by atoms with Gasteiger partial charge in [-0.2, -0.15) is 10.4 Å². The van der Waals surface area contributed by atoms with Crippen LogP contribution in [0.15, 0.2) is 61.1 Å². The molecule has 0 atom stereocenters. The maximum atomic E-state index is 9.32. The molecule has 0 aliphatic rings. The standard InChI is InChI=1S/C18H13ClN4/c19-17-6-2-1-5-15(17)13-23-12-14(11-22-23)9-16(10-20)18-7-3-4-8-21-18/h1-9,11-12H,13H2/b16-9+. The van der Waals surface area contributed by atoms with Gasteiger partial charge in [-0.25, -0.2) is 0 Å². The largest absolute Gasteiger partial charge is 0.268 e. The molecule has 0 unspecified atom stereocenters. The van der Waals surface area contributed by atoms with Gasteiger partial charge in [0.15, 0.2) is 0 Å². The molecule has 0 spiro atoms. The van der Waals surface area contributed by atoms with Crippen LogP contribution >= 0.6 is 11.6 Å². The number of allylic oxidation sites excluding steroid dienone is 1. The van der Waals surface area contributed by atoms with Crippen molar-refractivity contribution in [1.29, 1.82) is 5.26 Å². The van der Waals surface area contributed by atoms with E-state index in [1.807, 2.05) is 48.7 Å². The first kappa shape index (κ1) is 15.0. The number of pyridine rings is 1. The fourth-order valence-corrected chi connectivity index (χ4v) is 2.39. The zero-order chi connectivity index (χ0) is 16.1. The maximum Gasteiger partial charge on any atom is 0.101 e. The second-order valence-corrected chi connectivity index (χ2v) is 5.35. The average molecular weight is 321 g/mol. The van der Waals surface area contributed by atoms with Crippen molar-refractivity contribution in [3.05, 3.63) is 82.9 Å². The summed E-state index contributed by atoms with van der Waals surface area (Å²) < 4.78 is 1.79. The molecule has 3 rings (SSSR count). The first-order chi connectivity index (χ1) is 11.3. The molecule has 5 heteroatoms. The molecule has 0 amide bonds. The van der Waals surface area contributed by atoms with Crippen LogP contribution in [0.5, 0.6) is 0 Å². The van der Waals surface area contributed by atoms with Crippen LogP contribution in [0.2, 0.25) is 5.02 Å². The zero-order valence-electron chi connectivity index (χ0n) is 12.2. The lowest BCUT2D eigenvalue weighted by atomic mass is 10.1. The highest BCUT2D eigenvalue weighted by molar-refractivity contribution is 6.31. The molecule has 23 heavy (non-hydrogen) atoms. The molecule has 0 radical (unpaired) electrons. The monoisotopic (exact) mass is 320 g/mol. The molecule has 0 fully saturated rings. The number of aromatic nitrogens is 3. The van der Waals surface area contributed by atoms with Gasteiger partial charge in [-0.3, -0.25) is 9.67 Å². The summed E-state index contributed by atoms with van der Waals surface area (Å²) in [6.07, 6.45) is 7.04. The van der Waals surface area contributed by atoms with Gasteiger partial charge in [0.05, 0.1) is 24.0 Å². The van der Waals surface area contributed by atoms with Gasteiger partial charge < -0.3 is 0 Å². The van der Waals surface area contributed by atoms with E-state index in [4.69, 9.17) is 11.6 Å². The predicted octanol–water partition coefficient (Wildman–Crippen LogP) is 4.04. The highest BCUT2D eigenvalue weighted by Crippen LogP contribution is 2.18. The van der Waals surface area contributed by atoms with Crippen LogP contribution in [0.25, 0.3) is 11.6 Å². The Morgan fingerprint density at radius 1 is 1.22 bits per heavy atom. The average Bonchev–Trinajstić information content (AvgIpc) is 3.03. The second kappa shape index (κ2) is 6.91. The molecular weight excluding hydrogens is 308 g/mol. The van der Waals surface area contributed by atoms with Crippen molar-refractivity contribution in [3.8, 4) is 6.07 Å². The summed E-state index contributed by atoms with van der Waals surface area (Å²) in [5.41, 5.74) is 2.99. The summed E-state index contributed by atoms with van der Waals surface area (Å²) in [4.78, 5) is 4.20. The van der Waals surface area contributed by atoms with Crippen molar-refractivity contribution < 1.29 is 0 Å². The third kappa shape index (κ3) is 3.65. The van der Waals surface area contributed by atoms with E-state index < -0.39 is 0 Å². The Bertz CT molecular complexity index is 875. The van der Waals surface area contributed by atoms with Crippen LogP contribution < -0.4 is 0 Å². The molecule has 4 nitrogen and oxygen atoms in total. The summed E-state index contributed by atoms with van der Waals surface area (Å²) in [5.74, 6) is 0. The van der Waals surface area contributed by atoms with Gasteiger partial charge in [0, 0.05) is 23.0 Å². The summed E-state index contributed by atoms with van der Waals surface area (Å²) in [6, 6.07) is 15.3. The van der Waals surface area contributed by atoms with Gasteiger partial charge in [-0.05, 0) is 29.8 Å². The van der Waals surface area contributed by atoms with Gasteiger partial charge in [0.2, 0.25) is 0 Å². The van der Waals surface area contributed by atoms with E-state index in [9.17, 15) is 5.26 Å². The normalized spacial score (nSPS) is 11.2. The number of hydrogen-bond acceptors (Lipinski definition) is 3. The van der Waals surface area contributed by atoms with E-state index >= 15 is 0 Å². The van der Waals surface area contributed by atoms with Crippen molar-refractivity contribution in [2.75, 3.05) is 0 Å². The summed E-state index contributed by atoms with van der Waals surface area (Å²) in [6.45, 7) is 0.582. The molecular formula is C18H13ClN4. The van der Waals surface area contributed by atoms with Gasteiger partial charge in [0.25, 0.3) is 0 Å². The Labute approximate surface area is 139 Å². The molecule has 1 aromatic carbocycles. The third-order valence-electron chi connectivity index (χ3n) is 3.32. The number of nitrogens with zero attached hydrogens (tertiary/aromatic N) is 4. The van der Waals surface area contributed by atoms with Crippen LogP contribution in [0, 0.1) is 11.3 Å². The third-order valence-corrected chi connectivity index (χ3v) is 3.68. The highest BCUT2D eigenvalue weighted by atomic mass is 35.5. The Balaban J connectivity index is 1.83. The van der Waals surface area contributed by atoms with Crippen molar-refractivity contribution in [2.24, 2.45) is 0 Å². The number of halogens is 1. The molecule has 0 saturated heterocycles. The van der Waals surface area contributed by atoms with Crippen molar-refractivity contribution in [1.82, 2.24) is 14.8 Å². The van der Waals surface area contributed by atoms with Gasteiger partial charge in [-0.1, -0.05) is 35.9 Å². The molecule has 0 aliphatic heterocycles. The minimum atomic E-state index is 0.503. The Kier molecular flexibility index (Phi) is 4.51. The lowest BCUT2D eigenvalue weighted by molar-refractivity contribution is 0.687. The van der Waals surface area contributed by atoms with E-state index in [1.54, 1.807) is 23.2 Å². The van der Waals surface area contributed by atoms with Crippen molar-refractivity contribution in [3.63, 3.8) is 0 Å². The number of rotatable bonds is 4. The summed E-state index contributed by atoms with van der Waals surface area (Å²) in [7, 11) is 0.